The summed E-state index contributed by atoms with van der Waals surface area (Å²) in [4.78, 5) is 0. The summed E-state index contributed by atoms with van der Waals surface area (Å²) in [6.07, 6.45) is 9.39. The molecule has 1 atom stereocenters. The van der Waals surface area contributed by atoms with Crippen molar-refractivity contribution < 1.29 is 4.74 Å². The number of nitrogens with two attached hydrogens (primary N) is 1. The predicted octanol–water partition coefficient (Wildman–Crippen LogP) is 3.10. The van der Waals surface area contributed by atoms with Crippen molar-refractivity contribution in [3.8, 4) is 0 Å². The van der Waals surface area contributed by atoms with Crippen molar-refractivity contribution in [1.82, 2.24) is 0 Å². The molecular formula is C13H27NO. The summed E-state index contributed by atoms with van der Waals surface area (Å²) >= 11 is 0. The van der Waals surface area contributed by atoms with Crippen LogP contribution >= 0.6 is 0 Å². The highest BCUT2D eigenvalue weighted by atomic mass is 16.5. The second-order valence-corrected chi connectivity index (χ2v) is 4.91. The summed E-state index contributed by atoms with van der Waals surface area (Å²) < 4.78 is 5.55. The quantitative estimate of drug-likeness (QED) is 0.629. The van der Waals surface area contributed by atoms with Gasteiger partial charge in [0.05, 0.1) is 6.10 Å². The Hall–Kier alpha value is -0.0800. The van der Waals surface area contributed by atoms with E-state index < -0.39 is 0 Å². The predicted molar refractivity (Wildman–Crippen MR) is 64.9 cm³/mol. The molecule has 1 rings (SSSR count). The first-order valence-corrected chi connectivity index (χ1v) is 6.63. The van der Waals surface area contributed by atoms with Crippen molar-refractivity contribution >= 4 is 0 Å². The van der Waals surface area contributed by atoms with Crippen LogP contribution in [-0.4, -0.2) is 18.8 Å². The average molecular weight is 213 g/mol. The first-order valence-electron chi connectivity index (χ1n) is 6.63. The van der Waals surface area contributed by atoms with Crippen LogP contribution in [0.3, 0.4) is 0 Å². The highest BCUT2D eigenvalue weighted by Crippen LogP contribution is 2.33. The van der Waals surface area contributed by atoms with E-state index in [0.717, 1.165) is 12.5 Å². The molecule has 0 aromatic carbocycles. The Balaban J connectivity index is 1.96. The Morgan fingerprint density at radius 1 is 1.27 bits per heavy atom. The summed E-state index contributed by atoms with van der Waals surface area (Å²) in [5.41, 5.74) is 6.10. The second-order valence-electron chi connectivity index (χ2n) is 4.91. The van der Waals surface area contributed by atoms with Gasteiger partial charge in [-0.05, 0) is 38.5 Å². The molecule has 0 spiro atoms. The number of hydrogen-bond donors (Lipinski definition) is 1. The van der Waals surface area contributed by atoms with Crippen molar-refractivity contribution in [3.05, 3.63) is 0 Å². The Labute approximate surface area is 94.6 Å². The molecule has 0 aromatic rings. The van der Waals surface area contributed by atoms with Gasteiger partial charge in [-0.15, -0.1) is 0 Å². The van der Waals surface area contributed by atoms with Crippen molar-refractivity contribution in [2.45, 2.75) is 70.9 Å². The third-order valence-electron chi connectivity index (χ3n) is 3.41. The van der Waals surface area contributed by atoms with Crippen LogP contribution in [0.5, 0.6) is 0 Å². The van der Waals surface area contributed by atoms with Crippen molar-refractivity contribution in [2.75, 3.05) is 6.61 Å². The molecule has 1 unspecified atom stereocenters. The number of rotatable bonds is 8. The topological polar surface area (TPSA) is 35.2 Å². The molecule has 0 aromatic heterocycles. The molecule has 2 heteroatoms. The lowest BCUT2D eigenvalue weighted by Gasteiger charge is -2.36. The maximum Gasteiger partial charge on any atom is 0.0580 e. The third-order valence-corrected chi connectivity index (χ3v) is 3.41. The largest absolute Gasteiger partial charge is 0.378 e. The molecule has 0 radical (unpaired) electrons. The van der Waals surface area contributed by atoms with Crippen LogP contribution in [0.2, 0.25) is 0 Å². The molecule has 2 nitrogen and oxygen atoms in total. The van der Waals surface area contributed by atoms with Gasteiger partial charge in [0.15, 0.2) is 0 Å². The molecule has 1 aliphatic carbocycles. The van der Waals surface area contributed by atoms with Gasteiger partial charge >= 0.3 is 0 Å². The van der Waals surface area contributed by atoms with E-state index in [9.17, 15) is 0 Å². The SMILES string of the molecule is CCCCCC(N)CC1CC(OCC)C1. The fourth-order valence-electron chi connectivity index (χ4n) is 2.44. The van der Waals surface area contributed by atoms with Crippen LogP contribution in [0.4, 0.5) is 0 Å². The molecule has 1 fully saturated rings. The monoisotopic (exact) mass is 213 g/mol. The van der Waals surface area contributed by atoms with Gasteiger partial charge in [-0.25, -0.2) is 0 Å². The van der Waals surface area contributed by atoms with Gasteiger partial charge in [-0.1, -0.05) is 26.2 Å². The molecule has 0 bridgehead atoms. The maximum atomic E-state index is 6.10. The molecule has 0 aliphatic heterocycles. The summed E-state index contributed by atoms with van der Waals surface area (Å²) in [5.74, 6) is 0.846. The standard InChI is InChI=1S/C13H27NO/c1-3-5-6-7-12(14)8-11-9-13(10-11)15-4-2/h11-13H,3-10,14H2,1-2H3. The second kappa shape index (κ2) is 7.24. The van der Waals surface area contributed by atoms with E-state index in [0.29, 0.717) is 12.1 Å². The molecule has 0 saturated heterocycles. The normalized spacial score (nSPS) is 27.4. The Kier molecular flexibility index (Phi) is 6.26. The van der Waals surface area contributed by atoms with E-state index in [2.05, 4.69) is 13.8 Å². The minimum absolute atomic E-state index is 0.434. The van der Waals surface area contributed by atoms with Gasteiger partial charge < -0.3 is 10.5 Å². The van der Waals surface area contributed by atoms with Crippen LogP contribution in [0.15, 0.2) is 0 Å². The van der Waals surface area contributed by atoms with Crippen LogP contribution in [-0.2, 0) is 4.74 Å². The molecule has 90 valence electrons. The number of unbranched alkanes of at least 4 members (excludes halogenated alkanes) is 2. The molecule has 1 aliphatic rings. The Bertz CT molecular complexity index is 152. The lowest BCUT2D eigenvalue weighted by Crippen LogP contribution is -2.35. The molecular weight excluding hydrogens is 186 g/mol. The average Bonchev–Trinajstić information content (AvgIpc) is 2.15. The van der Waals surface area contributed by atoms with Gasteiger partial charge in [0.25, 0.3) is 0 Å². The van der Waals surface area contributed by atoms with Crippen LogP contribution in [0.25, 0.3) is 0 Å². The summed E-state index contributed by atoms with van der Waals surface area (Å²) in [7, 11) is 0. The highest BCUT2D eigenvalue weighted by Gasteiger charge is 2.30. The van der Waals surface area contributed by atoms with E-state index in [-0.39, 0.29) is 0 Å². The number of hydrogen-bond acceptors (Lipinski definition) is 2. The molecule has 0 amide bonds. The van der Waals surface area contributed by atoms with Crippen LogP contribution in [0.1, 0.15) is 58.8 Å². The Morgan fingerprint density at radius 3 is 2.60 bits per heavy atom. The Morgan fingerprint density at radius 2 is 2.00 bits per heavy atom. The minimum Gasteiger partial charge on any atom is -0.378 e. The van der Waals surface area contributed by atoms with E-state index in [1.807, 2.05) is 0 Å². The fraction of sp³-hybridized carbons (Fsp3) is 1.00. The van der Waals surface area contributed by atoms with Crippen LogP contribution in [0, 0.1) is 5.92 Å². The molecule has 1 saturated carbocycles. The van der Waals surface area contributed by atoms with Crippen molar-refractivity contribution in [1.29, 1.82) is 0 Å². The van der Waals surface area contributed by atoms with Gasteiger partial charge in [0, 0.05) is 12.6 Å². The van der Waals surface area contributed by atoms with Gasteiger partial charge in [0.2, 0.25) is 0 Å². The highest BCUT2D eigenvalue weighted by molar-refractivity contribution is 4.83. The summed E-state index contributed by atoms with van der Waals surface area (Å²) in [6.45, 7) is 5.17. The maximum absolute atomic E-state index is 6.10. The smallest absolute Gasteiger partial charge is 0.0580 e. The van der Waals surface area contributed by atoms with Gasteiger partial charge in [-0.3, -0.25) is 0 Å². The first-order chi connectivity index (χ1) is 7.26. The zero-order valence-electron chi connectivity index (χ0n) is 10.4. The van der Waals surface area contributed by atoms with Crippen LogP contribution < -0.4 is 5.73 Å². The lowest BCUT2D eigenvalue weighted by atomic mass is 9.77. The van der Waals surface area contributed by atoms with E-state index in [1.165, 1.54) is 44.9 Å². The summed E-state index contributed by atoms with van der Waals surface area (Å²) in [5, 5.41) is 0. The van der Waals surface area contributed by atoms with Crippen molar-refractivity contribution in [2.24, 2.45) is 11.7 Å². The fourth-order valence-corrected chi connectivity index (χ4v) is 2.44. The zero-order valence-corrected chi connectivity index (χ0v) is 10.4. The van der Waals surface area contributed by atoms with E-state index in [4.69, 9.17) is 10.5 Å². The summed E-state index contributed by atoms with van der Waals surface area (Å²) in [6, 6.07) is 0.434. The molecule has 0 heterocycles. The van der Waals surface area contributed by atoms with Gasteiger partial charge in [-0.2, -0.15) is 0 Å². The number of ether oxygens (including phenoxy) is 1. The zero-order chi connectivity index (χ0) is 11.1. The minimum atomic E-state index is 0.434. The van der Waals surface area contributed by atoms with Crippen molar-refractivity contribution in [3.63, 3.8) is 0 Å². The lowest BCUT2D eigenvalue weighted by molar-refractivity contribution is -0.0283. The molecule has 15 heavy (non-hydrogen) atoms. The van der Waals surface area contributed by atoms with Gasteiger partial charge in [0.1, 0.15) is 0 Å². The van der Waals surface area contributed by atoms with E-state index >= 15 is 0 Å². The first kappa shape index (κ1) is 13.0. The van der Waals surface area contributed by atoms with E-state index in [1.54, 1.807) is 0 Å². The third kappa shape index (κ3) is 4.98. The molecule has 2 N–H and O–H groups in total.